The Labute approximate surface area is 171 Å². The van der Waals surface area contributed by atoms with Crippen LogP contribution in [-0.2, 0) is 20.2 Å². The molecule has 0 unspecified atom stereocenters. The largest absolute Gasteiger partial charge is 0.379 e. The van der Waals surface area contributed by atoms with Gasteiger partial charge in [0.2, 0.25) is 10.0 Å². The van der Waals surface area contributed by atoms with Gasteiger partial charge in [-0.2, -0.15) is 4.31 Å². The van der Waals surface area contributed by atoms with E-state index in [1.54, 1.807) is 12.1 Å². The van der Waals surface area contributed by atoms with E-state index in [0.29, 0.717) is 38.4 Å². The molecule has 1 amide bonds. The Kier molecular flexibility index (Phi) is 5.46. The SMILES string of the molecule is Cc1ccccc1C1(CNC(=O)c2cccc(S(=O)(=O)N3CCOCC3)c2)CC1. The average molecular weight is 415 g/mol. The number of sulfonamides is 1. The molecule has 2 fully saturated rings. The third-order valence-electron chi connectivity index (χ3n) is 5.86. The highest BCUT2D eigenvalue weighted by atomic mass is 32.2. The maximum Gasteiger partial charge on any atom is 0.251 e. The highest BCUT2D eigenvalue weighted by Gasteiger charge is 2.45. The number of carbonyl (C=O) groups excluding carboxylic acids is 1. The normalized spacial score (nSPS) is 18.9. The Morgan fingerprint density at radius 2 is 1.83 bits per heavy atom. The first-order chi connectivity index (χ1) is 13.9. The number of hydrogen-bond acceptors (Lipinski definition) is 4. The van der Waals surface area contributed by atoms with Crippen LogP contribution in [0.3, 0.4) is 0 Å². The quantitative estimate of drug-likeness (QED) is 0.788. The lowest BCUT2D eigenvalue weighted by atomic mass is 9.92. The van der Waals surface area contributed by atoms with Gasteiger partial charge in [0.15, 0.2) is 0 Å². The highest BCUT2D eigenvalue weighted by Crippen LogP contribution is 2.48. The van der Waals surface area contributed by atoms with Gasteiger partial charge in [0.1, 0.15) is 0 Å². The summed E-state index contributed by atoms with van der Waals surface area (Å²) < 4.78 is 32.3. The molecule has 0 atom stereocenters. The van der Waals surface area contributed by atoms with Gasteiger partial charge in [-0.05, 0) is 49.1 Å². The molecule has 0 radical (unpaired) electrons. The van der Waals surface area contributed by atoms with Crippen LogP contribution in [0.15, 0.2) is 53.4 Å². The minimum atomic E-state index is -3.62. The van der Waals surface area contributed by atoms with E-state index in [9.17, 15) is 13.2 Å². The zero-order valence-corrected chi connectivity index (χ0v) is 17.4. The third-order valence-corrected chi connectivity index (χ3v) is 7.76. The number of ether oxygens (including phenoxy) is 1. The molecule has 2 aromatic carbocycles. The molecule has 1 N–H and O–H groups in total. The second kappa shape index (κ2) is 7.89. The number of hydrogen-bond donors (Lipinski definition) is 1. The van der Waals surface area contributed by atoms with Gasteiger partial charge in [0.25, 0.3) is 5.91 Å². The van der Waals surface area contributed by atoms with Gasteiger partial charge in [-0.15, -0.1) is 0 Å². The molecule has 0 aromatic heterocycles. The maximum absolute atomic E-state index is 12.9. The van der Waals surface area contributed by atoms with Crippen molar-refractivity contribution in [1.29, 1.82) is 0 Å². The highest BCUT2D eigenvalue weighted by molar-refractivity contribution is 7.89. The predicted octanol–water partition coefficient (Wildman–Crippen LogP) is 2.48. The van der Waals surface area contributed by atoms with Crippen LogP contribution in [0.1, 0.15) is 34.3 Å². The fraction of sp³-hybridized carbons (Fsp3) is 0.409. The van der Waals surface area contributed by atoms with Crippen LogP contribution in [0.25, 0.3) is 0 Å². The summed E-state index contributed by atoms with van der Waals surface area (Å²) in [5, 5.41) is 3.02. The lowest BCUT2D eigenvalue weighted by Crippen LogP contribution is -2.40. The van der Waals surface area contributed by atoms with E-state index in [2.05, 4.69) is 24.4 Å². The number of aryl methyl sites for hydroxylation is 1. The molecule has 1 heterocycles. The first-order valence-electron chi connectivity index (χ1n) is 9.95. The summed E-state index contributed by atoms with van der Waals surface area (Å²) in [6, 6.07) is 14.6. The fourth-order valence-corrected chi connectivity index (χ4v) is 5.40. The van der Waals surface area contributed by atoms with Gasteiger partial charge in [0, 0.05) is 30.6 Å². The van der Waals surface area contributed by atoms with Crippen molar-refractivity contribution in [2.75, 3.05) is 32.8 Å². The van der Waals surface area contributed by atoms with E-state index in [4.69, 9.17) is 4.74 Å². The van der Waals surface area contributed by atoms with Crippen molar-refractivity contribution in [2.24, 2.45) is 0 Å². The lowest BCUT2D eigenvalue weighted by Gasteiger charge is -2.26. The van der Waals surface area contributed by atoms with Crippen molar-refractivity contribution in [3.63, 3.8) is 0 Å². The number of amides is 1. The lowest BCUT2D eigenvalue weighted by molar-refractivity contribution is 0.0730. The topological polar surface area (TPSA) is 75.7 Å². The maximum atomic E-state index is 12.9. The molecule has 154 valence electrons. The van der Waals surface area contributed by atoms with Crippen LogP contribution < -0.4 is 5.32 Å². The van der Waals surface area contributed by atoms with Gasteiger partial charge in [-0.1, -0.05) is 30.3 Å². The predicted molar refractivity (Wildman–Crippen MR) is 110 cm³/mol. The summed E-state index contributed by atoms with van der Waals surface area (Å²) >= 11 is 0. The van der Waals surface area contributed by atoms with E-state index in [-0.39, 0.29) is 16.2 Å². The molecule has 1 saturated heterocycles. The van der Waals surface area contributed by atoms with E-state index in [1.165, 1.54) is 27.6 Å². The van der Waals surface area contributed by atoms with Crippen LogP contribution >= 0.6 is 0 Å². The Morgan fingerprint density at radius 1 is 1.10 bits per heavy atom. The monoisotopic (exact) mass is 414 g/mol. The van der Waals surface area contributed by atoms with Gasteiger partial charge < -0.3 is 10.1 Å². The van der Waals surface area contributed by atoms with Crippen molar-refractivity contribution >= 4 is 15.9 Å². The van der Waals surface area contributed by atoms with Crippen molar-refractivity contribution in [3.8, 4) is 0 Å². The second-order valence-electron chi connectivity index (χ2n) is 7.82. The van der Waals surface area contributed by atoms with E-state index < -0.39 is 10.0 Å². The summed E-state index contributed by atoms with van der Waals surface area (Å²) in [6.07, 6.45) is 2.09. The van der Waals surface area contributed by atoms with Crippen LogP contribution in [0.4, 0.5) is 0 Å². The average Bonchev–Trinajstić information content (AvgIpc) is 3.54. The van der Waals surface area contributed by atoms with Crippen molar-refractivity contribution in [3.05, 3.63) is 65.2 Å². The molecule has 2 aromatic rings. The molecule has 1 saturated carbocycles. The van der Waals surface area contributed by atoms with Crippen molar-refractivity contribution < 1.29 is 17.9 Å². The van der Waals surface area contributed by atoms with E-state index >= 15 is 0 Å². The zero-order valence-electron chi connectivity index (χ0n) is 16.6. The summed E-state index contributed by atoms with van der Waals surface area (Å²) in [4.78, 5) is 12.9. The Morgan fingerprint density at radius 3 is 2.52 bits per heavy atom. The molecule has 2 aliphatic rings. The molecular weight excluding hydrogens is 388 g/mol. The summed E-state index contributed by atoms with van der Waals surface area (Å²) in [6.45, 7) is 4.09. The third kappa shape index (κ3) is 4.08. The van der Waals surface area contributed by atoms with Gasteiger partial charge in [-0.25, -0.2) is 8.42 Å². The van der Waals surface area contributed by atoms with Crippen LogP contribution in [0.5, 0.6) is 0 Å². The van der Waals surface area contributed by atoms with Gasteiger partial charge >= 0.3 is 0 Å². The summed E-state index contributed by atoms with van der Waals surface area (Å²) in [5.41, 5.74) is 2.88. The van der Waals surface area contributed by atoms with E-state index in [0.717, 1.165) is 12.8 Å². The fourth-order valence-electron chi connectivity index (χ4n) is 3.95. The molecule has 0 bridgehead atoms. The molecule has 29 heavy (non-hydrogen) atoms. The number of nitrogens with zero attached hydrogens (tertiary/aromatic N) is 1. The Balaban J connectivity index is 1.47. The molecule has 6 nitrogen and oxygen atoms in total. The van der Waals surface area contributed by atoms with Gasteiger partial charge in [0.05, 0.1) is 18.1 Å². The second-order valence-corrected chi connectivity index (χ2v) is 9.76. The van der Waals surface area contributed by atoms with Crippen molar-refractivity contribution in [2.45, 2.75) is 30.1 Å². The number of morpholine rings is 1. The van der Waals surface area contributed by atoms with Crippen molar-refractivity contribution in [1.82, 2.24) is 9.62 Å². The molecule has 1 aliphatic carbocycles. The summed E-state index contributed by atoms with van der Waals surface area (Å²) in [7, 11) is -3.62. The first-order valence-corrected chi connectivity index (χ1v) is 11.4. The smallest absolute Gasteiger partial charge is 0.251 e. The number of carbonyl (C=O) groups is 1. The minimum Gasteiger partial charge on any atom is -0.379 e. The van der Waals surface area contributed by atoms with Crippen LogP contribution in [0, 0.1) is 6.92 Å². The molecule has 0 spiro atoms. The first kappa shape index (κ1) is 20.1. The Hall–Kier alpha value is -2.22. The molecule has 1 aliphatic heterocycles. The van der Waals surface area contributed by atoms with Crippen LogP contribution in [0.2, 0.25) is 0 Å². The minimum absolute atomic E-state index is 0.00150. The number of benzene rings is 2. The standard InChI is InChI=1S/C22H26N2O4S/c1-17-5-2-3-8-20(17)22(9-10-22)16-23-21(25)18-6-4-7-19(15-18)29(26,27)24-11-13-28-14-12-24/h2-8,15H,9-14,16H2,1H3,(H,23,25). The molecule has 4 rings (SSSR count). The number of rotatable bonds is 6. The molecule has 7 heteroatoms. The summed E-state index contributed by atoms with van der Waals surface area (Å²) in [5.74, 6) is -0.246. The van der Waals surface area contributed by atoms with E-state index in [1.807, 2.05) is 12.1 Å². The van der Waals surface area contributed by atoms with Gasteiger partial charge in [-0.3, -0.25) is 4.79 Å². The van der Waals surface area contributed by atoms with Crippen LogP contribution in [-0.4, -0.2) is 51.5 Å². The number of nitrogens with one attached hydrogen (secondary N) is 1. The Bertz CT molecular complexity index is 1010. The zero-order chi connectivity index (χ0) is 20.5. The molecular formula is C22H26N2O4S.